The van der Waals surface area contributed by atoms with Crippen LogP contribution in [0.25, 0.3) is 0 Å². The number of methoxy groups -OCH3 is 1. The Kier molecular flexibility index (Phi) is 5.39. The zero-order valence-electron chi connectivity index (χ0n) is 13.9. The minimum absolute atomic E-state index is 0.482. The number of piperidine rings is 1. The fraction of sp³-hybridized carbons (Fsp3) is 0.895. The molecule has 21 heavy (non-hydrogen) atoms. The number of fused-ring (bicyclic) bond motifs is 1. The highest BCUT2D eigenvalue weighted by molar-refractivity contribution is 5.04. The number of hydrogen-bond acceptors (Lipinski definition) is 2. The summed E-state index contributed by atoms with van der Waals surface area (Å²) in [7, 11) is 1.88. The van der Waals surface area contributed by atoms with Crippen molar-refractivity contribution in [1.29, 1.82) is 0 Å². The van der Waals surface area contributed by atoms with E-state index in [2.05, 4.69) is 24.4 Å². The average Bonchev–Trinajstić information content (AvgIpc) is 2.55. The first-order valence-corrected chi connectivity index (χ1v) is 9.23. The topological polar surface area (TPSA) is 21.3 Å². The Morgan fingerprint density at radius 1 is 0.952 bits per heavy atom. The normalized spacial score (nSPS) is 42.1. The molecular weight excluding hydrogens is 258 g/mol. The molecule has 5 atom stereocenters. The number of rotatable bonds is 3. The monoisotopic (exact) mass is 291 g/mol. The molecule has 2 nitrogen and oxygen atoms in total. The Hall–Kier alpha value is -0.340. The number of allylic oxidation sites excluding steroid dienone is 2. The van der Waals surface area contributed by atoms with Crippen molar-refractivity contribution in [2.24, 2.45) is 17.8 Å². The molecule has 0 aromatic rings. The van der Waals surface area contributed by atoms with E-state index < -0.39 is 0 Å². The number of nitrogens with one attached hydrogen (secondary N) is 1. The molecule has 120 valence electrons. The van der Waals surface area contributed by atoms with Crippen LogP contribution >= 0.6 is 0 Å². The molecule has 0 radical (unpaired) electrons. The van der Waals surface area contributed by atoms with Gasteiger partial charge in [-0.15, -0.1) is 0 Å². The predicted octanol–water partition coefficient (Wildman–Crippen LogP) is 4.30. The van der Waals surface area contributed by atoms with E-state index in [-0.39, 0.29) is 0 Å². The van der Waals surface area contributed by atoms with Gasteiger partial charge in [-0.2, -0.15) is 0 Å². The van der Waals surface area contributed by atoms with Crippen LogP contribution in [0.4, 0.5) is 0 Å². The molecule has 2 saturated carbocycles. The van der Waals surface area contributed by atoms with E-state index in [0.29, 0.717) is 12.1 Å². The van der Waals surface area contributed by atoms with E-state index in [1.54, 1.807) is 0 Å². The molecule has 0 bridgehead atoms. The van der Waals surface area contributed by atoms with Gasteiger partial charge in [-0.05, 0) is 63.2 Å². The molecule has 0 amide bonds. The second-order valence-corrected chi connectivity index (χ2v) is 7.54. The average molecular weight is 291 g/mol. The highest BCUT2D eigenvalue weighted by Crippen LogP contribution is 2.41. The third-order valence-corrected chi connectivity index (χ3v) is 6.35. The van der Waals surface area contributed by atoms with Crippen LogP contribution in [-0.4, -0.2) is 25.3 Å². The molecule has 1 aliphatic heterocycles. The van der Waals surface area contributed by atoms with Crippen molar-refractivity contribution in [3.8, 4) is 0 Å². The summed E-state index contributed by atoms with van der Waals surface area (Å²) in [5, 5.41) is 4.06. The first-order chi connectivity index (χ1) is 10.3. The lowest BCUT2D eigenvalue weighted by Crippen LogP contribution is -2.56. The predicted molar refractivity (Wildman–Crippen MR) is 88.3 cm³/mol. The lowest BCUT2D eigenvalue weighted by atomic mass is 9.67. The van der Waals surface area contributed by atoms with Crippen molar-refractivity contribution < 1.29 is 4.74 Å². The van der Waals surface area contributed by atoms with E-state index in [9.17, 15) is 0 Å². The second kappa shape index (κ2) is 7.28. The maximum atomic E-state index is 5.66. The molecule has 0 spiro atoms. The van der Waals surface area contributed by atoms with Gasteiger partial charge in [0.25, 0.3) is 0 Å². The summed E-state index contributed by atoms with van der Waals surface area (Å²) in [4.78, 5) is 0. The molecule has 3 aliphatic rings. The van der Waals surface area contributed by atoms with Gasteiger partial charge in [0.2, 0.25) is 0 Å². The number of ether oxygens (including phenoxy) is 1. The molecule has 2 heteroatoms. The van der Waals surface area contributed by atoms with E-state index >= 15 is 0 Å². The molecule has 0 aromatic heterocycles. The molecule has 3 rings (SSSR count). The van der Waals surface area contributed by atoms with Gasteiger partial charge in [0.05, 0.1) is 6.10 Å². The van der Waals surface area contributed by atoms with Gasteiger partial charge in [0.15, 0.2) is 0 Å². The van der Waals surface area contributed by atoms with Crippen LogP contribution in [0.15, 0.2) is 12.2 Å². The summed E-state index contributed by atoms with van der Waals surface area (Å²) in [6.07, 6.45) is 17.7. The molecule has 3 fully saturated rings. The fourth-order valence-corrected chi connectivity index (χ4v) is 5.22. The van der Waals surface area contributed by atoms with E-state index in [1.807, 2.05) is 7.11 Å². The lowest BCUT2D eigenvalue weighted by Gasteiger charge is -2.49. The largest absolute Gasteiger partial charge is 0.381 e. The fourth-order valence-electron chi connectivity index (χ4n) is 5.22. The maximum absolute atomic E-state index is 5.66. The smallest absolute Gasteiger partial charge is 0.0586 e. The molecule has 5 unspecified atom stereocenters. The quantitative estimate of drug-likeness (QED) is 0.783. The summed E-state index contributed by atoms with van der Waals surface area (Å²) < 4.78 is 5.66. The van der Waals surface area contributed by atoms with Gasteiger partial charge < -0.3 is 10.1 Å². The number of hydrogen-bond donors (Lipinski definition) is 1. The molecular formula is C19H33NO. The van der Waals surface area contributed by atoms with Crippen molar-refractivity contribution >= 4 is 0 Å². The summed E-state index contributed by atoms with van der Waals surface area (Å²) in [6.45, 7) is 2.19. The minimum Gasteiger partial charge on any atom is -0.381 e. The van der Waals surface area contributed by atoms with Crippen LogP contribution in [0.3, 0.4) is 0 Å². The Bertz CT molecular complexity index is 347. The third kappa shape index (κ3) is 3.53. The van der Waals surface area contributed by atoms with Crippen molar-refractivity contribution in [2.45, 2.75) is 82.9 Å². The Morgan fingerprint density at radius 3 is 2.48 bits per heavy atom. The second-order valence-electron chi connectivity index (χ2n) is 7.54. The van der Waals surface area contributed by atoms with Crippen LogP contribution in [0, 0.1) is 17.8 Å². The standard InChI is InChI=1S/C19H33NO/c1-3-7-15-12-18(14-8-5-4-6-9-14)20-19-13-16(21-2)10-11-17(15)19/h3,7,14-20H,4-6,8-13H2,1-2H3. The van der Waals surface area contributed by atoms with Crippen LogP contribution in [0.2, 0.25) is 0 Å². The summed E-state index contributed by atoms with van der Waals surface area (Å²) in [5.74, 6) is 2.56. The SMILES string of the molecule is CC=CC1CC(C2CCCCC2)NC2CC(OC)CCC12. The van der Waals surface area contributed by atoms with Crippen LogP contribution < -0.4 is 5.32 Å². The minimum atomic E-state index is 0.482. The molecule has 0 aromatic carbocycles. The zero-order valence-corrected chi connectivity index (χ0v) is 13.9. The third-order valence-electron chi connectivity index (χ3n) is 6.35. The molecule has 1 heterocycles. The lowest BCUT2D eigenvalue weighted by molar-refractivity contribution is 0.00675. The summed E-state index contributed by atoms with van der Waals surface area (Å²) >= 11 is 0. The van der Waals surface area contributed by atoms with Gasteiger partial charge in [-0.3, -0.25) is 0 Å². The van der Waals surface area contributed by atoms with Crippen LogP contribution in [0.1, 0.15) is 64.7 Å². The van der Waals surface area contributed by atoms with Gasteiger partial charge in [0, 0.05) is 19.2 Å². The highest BCUT2D eigenvalue weighted by atomic mass is 16.5. The van der Waals surface area contributed by atoms with Crippen molar-refractivity contribution in [2.75, 3.05) is 7.11 Å². The van der Waals surface area contributed by atoms with Crippen molar-refractivity contribution in [3.63, 3.8) is 0 Å². The van der Waals surface area contributed by atoms with E-state index in [0.717, 1.165) is 23.8 Å². The Morgan fingerprint density at radius 2 is 1.76 bits per heavy atom. The van der Waals surface area contributed by atoms with Crippen molar-refractivity contribution in [1.82, 2.24) is 5.32 Å². The molecule has 1 N–H and O–H groups in total. The summed E-state index contributed by atoms with van der Waals surface area (Å²) in [5.41, 5.74) is 0. The Balaban J connectivity index is 1.70. The molecule has 1 saturated heterocycles. The summed E-state index contributed by atoms with van der Waals surface area (Å²) in [6, 6.07) is 1.44. The first kappa shape index (κ1) is 15.6. The van der Waals surface area contributed by atoms with Gasteiger partial charge >= 0.3 is 0 Å². The van der Waals surface area contributed by atoms with Crippen LogP contribution in [0.5, 0.6) is 0 Å². The van der Waals surface area contributed by atoms with Gasteiger partial charge in [-0.1, -0.05) is 31.4 Å². The van der Waals surface area contributed by atoms with E-state index in [4.69, 9.17) is 4.74 Å². The van der Waals surface area contributed by atoms with Gasteiger partial charge in [-0.25, -0.2) is 0 Å². The Labute approximate surface area is 130 Å². The maximum Gasteiger partial charge on any atom is 0.0586 e. The van der Waals surface area contributed by atoms with E-state index in [1.165, 1.54) is 57.8 Å². The van der Waals surface area contributed by atoms with Gasteiger partial charge in [0.1, 0.15) is 0 Å². The zero-order chi connectivity index (χ0) is 14.7. The highest BCUT2D eigenvalue weighted by Gasteiger charge is 2.42. The first-order valence-electron chi connectivity index (χ1n) is 9.23. The molecule has 2 aliphatic carbocycles. The van der Waals surface area contributed by atoms with Crippen molar-refractivity contribution in [3.05, 3.63) is 12.2 Å². The van der Waals surface area contributed by atoms with Crippen LogP contribution in [-0.2, 0) is 4.74 Å².